The Balaban J connectivity index is 1.40. The minimum absolute atomic E-state index is 0.00954. The van der Waals surface area contributed by atoms with Gasteiger partial charge in [-0.15, -0.1) is 0 Å². The van der Waals surface area contributed by atoms with E-state index in [2.05, 4.69) is 20.3 Å². The van der Waals surface area contributed by atoms with E-state index >= 15 is 0 Å². The number of aromatic amines is 1. The van der Waals surface area contributed by atoms with Crippen LogP contribution in [0.5, 0.6) is 0 Å². The number of nitrogens with one attached hydrogen (secondary N) is 2. The van der Waals surface area contributed by atoms with Crippen LogP contribution in [0, 0.1) is 17.5 Å². The lowest BCUT2D eigenvalue weighted by Crippen LogP contribution is -2.47. The molecule has 1 aliphatic rings. The van der Waals surface area contributed by atoms with Crippen LogP contribution < -0.4 is 15.1 Å². The summed E-state index contributed by atoms with van der Waals surface area (Å²) in [6.45, 7) is 0.319. The highest BCUT2D eigenvalue weighted by Gasteiger charge is 2.36. The van der Waals surface area contributed by atoms with Crippen LogP contribution in [-0.2, 0) is 18.9 Å². The molecule has 3 heterocycles. The molecule has 1 saturated heterocycles. The molecule has 40 heavy (non-hydrogen) atoms. The second kappa shape index (κ2) is 10.1. The first-order chi connectivity index (χ1) is 18.8. The van der Waals surface area contributed by atoms with Crippen LogP contribution >= 0.6 is 0 Å². The summed E-state index contributed by atoms with van der Waals surface area (Å²) in [5, 5.41) is 2.68. The summed E-state index contributed by atoms with van der Waals surface area (Å²) in [5.41, 5.74) is -1.94. The third-order valence-electron chi connectivity index (χ3n) is 6.40. The van der Waals surface area contributed by atoms with E-state index in [1.807, 2.05) is 0 Å². The second-order valence-corrected chi connectivity index (χ2v) is 9.05. The van der Waals surface area contributed by atoms with Crippen LogP contribution in [0.3, 0.4) is 0 Å². The van der Waals surface area contributed by atoms with E-state index in [0.717, 1.165) is 30.3 Å². The highest BCUT2D eigenvalue weighted by Crippen LogP contribution is 2.37. The molecule has 0 unspecified atom stereocenters. The van der Waals surface area contributed by atoms with Crippen molar-refractivity contribution in [1.29, 1.82) is 0 Å². The van der Waals surface area contributed by atoms with Crippen molar-refractivity contribution in [2.45, 2.75) is 18.9 Å². The fourth-order valence-corrected chi connectivity index (χ4v) is 4.46. The number of nitrogens with zero attached hydrogens (tertiary/aromatic N) is 4. The van der Waals surface area contributed by atoms with Crippen molar-refractivity contribution in [3.63, 3.8) is 0 Å². The summed E-state index contributed by atoms with van der Waals surface area (Å²) in [7, 11) is 0. The van der Waals surface area contributed by atoms with Crippen LogP contribution in [0.15, 0.2) is 42.6 Å². The molecule has 0 saturated carbocycles. The molecular weight excluding hydrogens is 555 g/mol. The van der Waals surface area contributed by atoms with Crippen molar-refractivity contribution < 1.29 is 39.5 Å². The Morgan fingerprint density at radius 1 is 0.850 bits per heavy atom. The monoisotopic (exact) mass is 574 g/mol. The summed E-state index contributed by atoms with van der Waals surface area (Å²) in [4.78, 5) is 14.3. The molecule has 15 heteroatoms. The van der Waals surface area contributed by atoms with Crippen LogP contribution in [0.25, 0.3) is 11.0 Å². The molecule has 0 spiro atoms. The number of benzene rings is 2. The number of hydrogen-bond donors (Lipinski definition) is 2. The first-order valence-electron chi connectivity index (χ1n) is 11.8. The van der Waals surface area contributed by atoms with Gasteiger partial charge in [-0.2, -0.15) is 26.3 Å². The lowest BCUT2D eigenvalue weighted by Gasteiger charge is -2.36. The van der Waals surface area contributed by atoms with E-state index in [1.54, 1.807) is 4.90 Å². The highest BCUT2D eigenvalue weighted by molar-refractivity contribution is 5.91. The molecule has 2 N–H and O–H groups in total. The van der Waals surface area contributed by atoms with E-state index < -0.39 is 40.9 Å². The number of anilines is 3. The number of fused-ring (bicyclic) bond motifs is 1. The molecule has 212 valence electrons. The normalized spacial score (nSPS) is 14.7. The fraction of sp³-hybridized carbons (Fsp3) is 0.280. The van der Waals surface area contributed by atoms with Crippen LogP contribution in [0.2, 0.25) is 0 Å². The fourth-order valence-electron chi connectivity index (χ4n) is 4.46. The van der Waals surface area contributed by atoms with Crippen LogP contribution in [-0.4, -0.2) is 41.1 Å². The molecule has 6 nitrogen and oxygen atoms in total. The van der Waals surface area contributed by atoms with Gasteiger partial charge in [0.15, 0.2) is 17.5 Å². The standard InChI is InChI=1S/C25H19F9N6/c26-16-8-13(9-17(27)20(16)28)12-36-18-10-14(24(29,30)31)11-19-21(18)38-23(37-19)40-6-4-39(5-7-40)22-15(25(32,33)34)2-1-3-35-22/h1-3,8-11,36H,4-7,12H2,(H,37,38). The first kappa shape index (κ1) is 27.4. The third-order valence-corrected chi connectivity index (χ3v) is 6.40. The van der Waals surface area contributed by atoms with Crippen molar-refractivity contribution in [3.8, 4) is 0 Å². The maximum Gasteiger partial charge on any atom is 0.419 e. The van der Waals surface area contributed by atoms with Gasteiger partial charge in [-0.3, -0.25) is 0 Å². The number of pyridine rings is 1. The average Bonchev–Trinajstić information content (AvgIpc) is 3.34. The predicted molar refractivity (Wildman–Crippen MR) is 128 cm³/mol. The Hall–Kier alpha value is -4.17. The van der Waals surface area contributed by atoms with Crippen molar-refractivity contribution >= 4 is 28.5 Å². The maximum atomic E-state index is 13.6. The number of rotatable bonds is 5. The number of alkyl halides is 6. The predicted octanol–water partition coefficient (Wildman–Crippen LogP) is 6.35. The third kappa shape index (κ3) is 5.45. The molecule has 0 radical (unpaired) electrons. The zero-order valence-corrected chi connectivity index (χ0v) is 20.3. The average molecular weight is 574 g/mol. The van der Waals surface area contributed by atoms with Crippen molar-refractivity contribution in [2.75, 3.05) is 41.3 Å². The Labute approximate surface area is 220 Å². The van der Waals surface area contributed by atoms with Crippen LogP contribution in [0.4, 0.5) is 57.0 Å². The lowest BCUT2D eigenvalue weighted by molar-refractivity contribution is -0.138. The van der Waals surface area contributed by atoms with Gasteiger partial charge in [0.1, 0.15) is 11.3 Å². The highest BCUT2D eigenvalue weighted by atomic mass is 19.4. The van der Waals surface area contributed by atoms with Crippen molar-refractivity contribution in [1.82, 2.24) is 15.0 Å². The van der Waals surface area contributed by atoms with Crippen molar-refractivity contribution in [2.24, 2.45) is 0 Å². The SMILES string of the molecule is Fc1cc(CNc2cc(C(F)(F)F)cc3[nH]c(N4CCN(c5ncccc5C(F)(F)F)CC4)nc23)cc(F)c1F. The molecule has 0 aliphatic carbocycles. The number of imidazole rings is 1. The molecule has 2 aromatic heterocycles. The molecule has 5 rings (SSSR count). The first-order valence-corrected chi connectivity index (χ1v) is 11.8. The summed E-state index contributed by atoms with van der Waals surface area (Å²) < 4.78 is 121. The van der Waals surface area contributed by atoms with Gasteiger partial charge in [0, 0.05) is 38.9 Å². The summed E-state index contributed by atoms with van der Waals surface area (Å²) in [5.74, 6) is -4.58. The summed E-state index contributed by atoms with van der Waals surface area (Å²) in [6, 6.07) is 5.22. The van der Waals surface area contributed by atoms with E-state index in [-0.39, 0.29) is 66.8 Å². The smallest absolute Gasteiger partial charge is 0.379 e. The minimum atomic E-state index is -4.73. The molecule has 2 aromatic carbocycles. The van der Waals surface area contributed by atoms with Crippen molar-refractivity contribution in [3.05, 3.63) is 76.7 Å². The van der Waals surface area contributed by atoms with E-state index in [0.29, 0.717) is 0 Å². The van der Waals surface area contributed by atoms with E-state index in [9.17, 15) is 39.5 Å². The number of aromatic nitrogens is 3. The van der Waals surface area contributed by atoms with Gasteiger partial charge in [0.25, 0.3) is 0 Å². The van der Waals surface area contributed by atoms with Gasteiger partial charge in [-0.25, -0.2) is 23.1 Å². The molecular formula is C25H19F9N6. The molecule has 4 aromatic rings. The lowest BCUT2D eigenvalue weighted by atomic mass is 10.1. The Morgan fingerprint density at radius 2 is 1.50 bits per heavy atom. The quantitative estimate of drug-likeness (QED) is 0.215. The van der Waals surface area contributed by atoms with Gasteiger partial charge < -0.3 is 20.1 Å². The number of piperazine rings is 1. The summed E-state index contributed by atoms with van der Waals surface area (Å²) in [6.07, 6.45) is -8.06. The Bertz CT molecular complexity index is 1520. The Kier molecular flexibility index (Phi) is 6.92. The van der Waals surface area contributed by atoms with Gasteiger partial charge in [0.2, 0.25) is 5.95 Å². The largest absolute Gasteiger partial charge is 0.419 e. The van der Waals surface area contributed by atoms with Gasteiger partial charge in [-0.05, 0) is 42.0 Å². The Morgan fingerprint density at radius 3 is 2.12 bits per heavy atom. The molecule has 0 bridgehead atoms. The van der Waals surface area contributed by atoms with Gasteiger partial charge >= 0.3 is 12.4 Å². The molecule has 1 fully saturated rings. The summed E-state index contributed by atoms with van der Waals surface area (Å²) >= 11 is 0. The molecule has 0 atom stereocenters. The topological polar surface area (TPSA) is 60.1 Å². The number of H-pyrrole nitrogens is 1. The number of hydrogen-bond acceptors (Lipinski definition) is 5. The zero-order valence-electron chi connectivity index (χ0n) is 20.3. The van der Waals surface area contributed by atoms with E-state index in [4.69, 9.17) is 0 Å². The maximum absolute atomic E-state index is 13.6. The van der Waals surface area contributed by atoms with E-state index in [1.165, 1.54) is 17.2 Å². The van der Waals surface area contributed by atoms with Crippen LogP contribution in [0.1, 0.15) is 16.7 Å². The minimum Gasteiger partial charge on any atom is -0.379 e. The zero-order chi connectivity index (χ0) is 28.8. The van der Waals surface area contributed by atoms with Gasteiger partial charge in [-0.1, -0.05) is 0 Å². The van der Waals surface area contributed by atoms with Gasteiger partial charge in [0.05, 0.1) is 22.3 Å². The number of halogens is 9. The molecule has 1 aliphatic heterocycles. The second-order valence-electron chi connectivity index (χ2n) is 9.05. The molecule has 0 amide bonds.